The third kappa shape index (κ3) is 4.20. The highest BCUT2D eigenvalue weighted by atomic mass is 16.2. The Hall–Kier alpha value is -3.15. The molecule has 2 aromatic carbocycles. The molecule has 1 N–H and O–H groups in total. The molecular weight excluding hydrogens is 386 g/mol. The smallest absolute Gasteiger partial charge is 0.255 e. The Labute approximate surface area is 183 Å². The van der Waals surface area contributed by atoms with E-state index in [1.54, 1.807) is 0 Å². The second-order valence-electron chi connectivity index (χ2n) is 8.56. The number of carbonyl (C=O) groups is 1. The van der Waals surface area contributed by atoms with Gasteiger partial charge in [-0.1, -0.05) is 36.8 Å². The van der Waals surface area contributed by atoms with Crippen LogP contribution in [0.3, 0.4) is 0 Å². The van der Waals surface area contributed by atoms with E-state index in [0.717, 1.165) is 55.4 Å². The zero-order chi connectivity index (χ0) is 21.0. The first-order valence-electron chi connectivity index (χ1n) is 11.4. The number of nitrogens with one attached hydrogen (secondary N) is 1. The lowest BCUT2D eigenvalue weighted by molar-refractivity contribution is 0.0704. The number of aromatic nitrogens is 3. The molecule has 31 heavy (non-hydrogen) atoms. The summed E-state index contributed by atoms with van der Waals surface area (Å²) in [6.07, 6.45) is 6.70. The average Bonchev–Trinajstić information content (AvgIpc) is 3.08. The number of aryl methyl sites for hydroxylation is 1. The van der Waals surface area contributed by atoms with Crippen molar-refractivity contribution in [2.24, 2.45) is 0 Å². The zero-order valence-corrected chi connectivity index (χ0v) is 17.8. The van der Waals surface area contributed by atoms with Gasteiger partial charge in [0.25, 0.3) is 5.91 Å². The summed E-state index contributed by atoms with van der Waals surface area (Å²) in [4.78, 5) is 15.5. The second kappa shape index (κ2) is 8.92. The third-order valence-electron chi connectivity index (χ3n) is 6.42. The van der Waals surface area contributed by atoms with Crippen LogP contribution in [-0.2, 0) is 13.0 Å². The first-order valence-corrected chi connectivity index (χ1v) is 11.4. The molecule has 5 rings (SSSR count). The molecule has 1 amide bonds. The van der Waals surface area contributed by atoms with Crippen LogP contribution < -0.4 is 5.32 Å². The van der Waals surface area contributed by atoms with Crippen molar-refractivity contribution in [3.63, 3.8) is 0 Å². The standard InChI is InChI=1S/C25H29N5O/c31-25(21-13-6-7-14-22(21)26-20-11-3-1-4-12-20)29-16-9-10-19(18-29)24-28-27-23-15-5-2-8-17-30(23)24/h1,3-4,6-7,11-14,19,26H,2,5,8-10,15-18H2/t19-/m0/s1. The largest absolute Gasteiger partial charge is 0.355 e. The molecule has 6 nitrogen and oxygen atoms in total. The average molecular weight is 416 g/mol. The summed E-state index contributed by atoms with van der Waals surface area (Å²) in [5.74, 6) is 2.53. The molecule has 6 heteroatoms. The minimum atomic E-state index is 0.0827. The number of anilines is 2. The molecule has 1 atom stereocenters. The van der Waals surface area contributed by atoms with E-state index in [2.05, 4.69) is 20.1 Å². The summed E-state index contributed by atoms with van der Waals surface area (Å²) in [5, 5.41) is 12.5. The van der Waals surface area contributed by atoms with Crippen LogP contribution in [0.1, 0.15) is 60.0 Å². The lowest BCUT2D eigenvalue weighted by Crippen LogP contribution is -2.40. The van der Waals surface area contributed by atoms with Crippen molar-refractivity contribution in [2.75, 3.05) is 18.4 Å². The van der Waals surface area contributed by atoms with Gasteiger partial charge in [0.1, 0.15) is 11.6 Å². The van der Waals surface area contributed by atoms with Gasteiger partial charge < -0.3 is 14.8 Å². The zero-order valence-electron chi connectivity index (χ0n) is 17.8. The van der Waals surface area contributed by atoms with E-state index in [1.807, 2.05) is 59.5 Å². The topological polar surface area (TPSA) is 63.1 Å². The van der Waals surface area contributed by atoms with E-state index in [0.29, 0.717) is 12.1 Å². The molecule has 2 aliphatic rings. The van der Waals surface area contributed by atoms with Gasteiger partial charge in [0.2, 0.25) is 0 Å². The maximum atomic E-state index is 13.5. The summed E-state index contributed by atoms with van der Waals surface area (Å²) in [5.41, 5.74) is 2.54. The molecular formula is C25H29N5O. The van der Waals surface area contributed by atoms with Gasteiger partial charge in [-0.2, -0.15) is 0 Å². The van der Waals surface area contributed by atoms with Gasteiger partial charge in [0.05, 0.1) is 11.3 Å². The van der Waals surface area contributed by atoms with Gasteiger partial charge in [0.15, 0.2) is 0 Å². The molecule has 0 saturated carbocycles. The Balaban J connectivity index is 1.36. The van der Waals surface area contributed by atoms with Gasteiger partial charge in [-0.05, 0) is 49.9 Å². The Morgan fingerprint density at radius 3 is 2.65 bits per heavy atom. The number of para-hydroxylation sites is 2. The highest BCUT2D eigenvalue weighted by molar-refractivity contribution is 6.00. The Morgan fingerprint density at radius 2 is 1.74 bits per heavy atom. The van der Waals surface area contributed by atoms with Crippen molar-refractivity contribution in [1.82, 2.24) is 19.7 Å². The fraction of sp³-hybridized carbons (Fsp3) is 0.400. The minimum absolute atomic E-state index is 0.0827. The number of hydrogen-bond acceptors (Lipinski definition) is 4. The summed E-state index contributed by atoms with van der Waals surface area (Å²) in [6.45, 7) is 2.50. The molecule has 1 fully saturated rings. The summed E-state index contributed by atoms with van der Waals surface area (Å²) >= 11 is 0. The predicted octanol–water partition coefficient (Wildman–Crippen LogP) is 4.77. The molecule has 3 heterocycles. The fourth-order valence-corrected chi connectivity index (χ4v) is 4.81. The molecule has 1 aromatic heterocycles. The predicted molar refractivity (Wildman–Crippen MR) is 122 cm³/mol. The van der Waals surface area contributed by atoms with Crippen molar-refractivity contribution < 1.29 is 4.79 Å². The molecule has 2 aliphatic heterocycles. The van der Waals surface area contributed by atoms with Crippen LogP contribution >= 0.6 is 0 Å². The number of hydrogen-bond donors (Lipinski definition) is 1. The van der Waals surface area contributed by atoms with Crippen LogP contribution in [0.25, 0.3) is 0 Å². The van der Waals surface area contributed by atoms with Gasteiger partial charge in [-0.25, -0.2) is 0 Å². The van der Waals surface area contributed by atoms with Crippen LogP contribution in [0.4, 0.5) is 11.4 Å². The minimum Gasteiger partial charge on any atom is -0.355 e. The summed E-state index contributed by atoms with van der Waals surface area (Å²) in [6, 6.07) is 17.8. The molecule has 1 saturated heterocycles. The van der Waals surface area contributed by atoms with Crippen molar-refractivity contribution in [3.8, 4) is 0 Å². The Bertz CT molecular complexity index is 1050. The number of fused-ring (bicyclic) bond motifs is 1. The van der Waals surface area contributed by atoms with Crippen molar-refractivity contribution in [2.45, 2.75) is 51.0 Å². The monoisotopic (exact) mass is 415 g/mol. The number of benzene rings is 2. The van der Waals surface area contributed by atoms with Crippen molar-refractivity contribution in [3.05, 3.63) is 71.8 Å². The van der Waals surface area contributed by atoms with Gasteiger partial charge >= 0.3 is 0 Å². The van der Waals surface area contributed by atoms with Crippen LogP contribution in [0, 0.1) is 0 Å². The quantitative estimate of drug-likeness (QED) is 0.667. The van der Waals surface area contributed by atoms with E-state index < -0.39 is 0 Å². The number of piperidine rings is 1. The van der Waals surface area contributed by atoms with E-state index >= 15 is 0 Å². The van der Waals surface area contributed by atoms with Crippen LogP contribution in [0.2, 0.25) is 0 Å². The lowest BCUT2D eigenvalue weighted by Gasteiger charge is -2.33. The number of nitrogens with zero attached hydrogens (tertiary/aromatic N) is 4. The van der Waals surface area contributed by atoms with E-state index in [9.17, 15) is 4.79 Å². The van der Waals surface area contributed by atoms with E-state index in [1.165, 1.54) is 19.3 Å². The van der Waals surface area contributed by atoms with Gasteiger partial charge in [-0.3, -0.25) is 4.79 Å². The van der Waals surface area contributed by atoms with Gasteiger partial charge in [0, 0.05) is 37.7 Å². The Kier molecular flexibility index (Phi) is 5.69. The molecule has 0 unspecified atom stereocenters. The maximum Gasteiger partial charge on any atom is 0.255 e. The van der Waals surface area contributed by atoms with E-state index in [-0.39, 0.29) is 11.8 Å². The molecule has 160 valence electrons. The lowest BCUT2D eigenvalue weighted by atomic mass is 9.96. The normalized spacial score (nSPS) is 18.8. The Morgan fingerprint density at radius 1 is 0.903 bits per heavy atom. The molecule has 0 radical (unpaired) electrons. The van der Waals surface area contributed by atoms with E-state index in [4.69, 9.17) is 0 Å². The number of carbonyl (C=O) groups excluding carboxylic acids is 1. The molecule has 3 aromatic rings. The first kappa shape index (κ1) is 19.8. The highest BCUT2D eigenvalue weighted by Gasteiger charge is 2.30. The molecule has 0 bridgehead atoms. The number of amides is 1. The first-order chi connectivity index (χ1) is 15.3. The summed E-state index contributed by atoms with van der Waals surface area (Å²) < 4.78 is 2.33. The van der Waals surface area contributed by atoms with Crippen LogP contribution in [0.5, 0.6) is 0 Å². The molecule has 0 aliphatic carbocycles. The third-order valence-corrected chi connectivity index (χ3v) is 6.42. The summed E-state index contributed by atoms with van der Waals surface area (Å²) in [7, 11) is 0. The van der Waals surface area contributed by atoms with Crippen molar-refractivity contribution in [1.29, 1.82) is 0 Å². The second-order valence-corrected chi connectivity index (χ2v) is 8.56. The maximum absolute atomic E-state index is 13.5. The van der Waals surface area contributed by atoms with Crippen LogP contribution in [-0.4, -0.2) is 38.7 Å². The highest BCUT2D eigenvalue weighted by Crippen LogP contribution is 2.30. The molecule has 0 spiro atoms. The fourth-order valence-electron chi connectivity index (χ4n) is 4.81. The van der Waals surface area contributed by atoms with Crippen molar-refractivity contribution >= 4 is 17.3 Å². The number of rotatable bonds is 4. The van der Waals surface area contributed by atoms with Gasteiger partial charge in [-0.15, -0.1) is 10.2 Å². The number of likely N-dealkylation sites (tertiary alicyclic amines) is 1. The SMILES string of the molecule is O=C(c1ccccc1Nc1ccccc1)N1CCC[C@H](c2nnc3n2CCCCC3)C1. The van der Waals surface area contributed by atoms with Crippen LogP contribution in [0.15, 0.2) is 54.6 Å².